The van der Waals surface area contributed by atoms with E-state index in [1.807, 2.05) is 38.1 Å². The standard InChI is InChI=1S/C20H22FN5OS/c1-3-25(12-15-5-4-6-17(21)11-15)18(27)13-28-20-24-23-19(26(20)22)16-9-7-14(2)8-10-16/h4-11H,3,12-13,22H2,1-2H3. The van der Waals surface area contributed by atoms with Crippen LogP contribution in [-0.4, -0.2) is 38.0 Å². The number of aryl methyl sites for hydroxylation is 1. The molecule has 0 saturated carbocycles. The van der Waals surface area contributed by atoms with E-state index in [1.165, 1.54) is 28.6 Å². The predicted octanol–water partition coefficient (Wildman–Crippen LogP) is 3.25. The Morgan fingerprint density at radius 1 is 1.21 bits per heavy atom. The lowest BCUT2D eigenvalue weighted by Gasteiger charge is -2.20. The van der Waals surface area contributed by atoms with Crippen molar-refractivity contribution >= 4 is 17.7 Å². The molecule has 0 radical (unpaired) electrons. The van der Waals surface area contributed by atoms with E-state index in [9.17, 15) is 9.18 Å². The predicted molar refractivity (Wildman–Crippen MR) is 109 cm³/mol. The molecule has 0 aliphatic rings. The molecule has 0 aliphatic carbocycles. The zero-order valence-electron chi connectivity index (χ0n) is 15.8. The first-order valence-electron chi connectivity index (χ1n) is 8.90. The van der Waals surface area contributed by atoms with Crippen LogP contribution in [0.25, 0.3) is 11.4 Å². The molecule has 0 aliphatic heterocycles. The highest BCUT2D eigenvalue weighted by molar-refractivity contribution is 7.99. The summed E-state index contributed by atoms with van der Waals surface area (Å²) >= 11 is 1.23. The molecule has 2 N–H and O–H groups in total. The Labute approximate surface area is 167 Å². The summed E-state index contributed by atoms with van der Waals surface area (Å²) < 4.78 is 14.8. The fourth-order valence-corrected chi connectivity index (χ4v) is 3.48. The van der Waals surface area contributed by atoms with Gasteiger partial charge >= 0.3 is 0 Å². The van der Waals surface area contributed by atoms with Crippen molar-refractivity contribution in [1.29, 1.82) is 0 Å². The van der Waals surface area contributed by atoms with Gasteiger partial charge < -0.3 is 10.7 Å². The Balaban J connectivity index is 1.64. The van der Waals surface area contributed by atoms with Gasteiger partial charge in [-0.3, -0.25) is 4.79 Å². The fraction of sp³-hybridized carbons (Fsp3) is 0.250. The number of hydrogen-bond donors (Lipinski definition) is 1. The summed E-state index contributed by atoms with van der Waals surface area (Å²) in [6, 6.07) is 14.1. The van der Waals surface area contributed by atoms with E-state index in [0.717, 1.165) is 16.7 Å². The number of aromatic nitrogens is 3. The summed E-state index contributed by atoms with van der Waals surface area (Å²) in [6.45, 7) is 4.79. The molecule has 0 bridgehead atoms. The first-order chi connectivity index (χ1) is 13.5. The van der Waals surface area contributed by atoms with Crippen LogP contribution in [0.4, 0.5) is 4.39 Å². The highest BCUT2D eigenvalue weighted by Gasteiger charge is 2.17. The van der Waals surface area contributed by atoms with Crippen molar-refractivity contribution in [1.82, 2.24) is 19.8 Å². The van der Waals surface area contributed by atoms with Gasteiger partial charge in [0.05, 0.1) is 5.75 Å². The van der Waals surface area contributed by atoms with Crippen molar-refractivity contribution < 1.29 is 9.18 Å². The zero-order valence-corrected chi connectivity index (χ0v) is 16.6. The Morgan fingerprint density at radius 2 is 1.96 bits per heavy atom. The zero-order chi connectivity index (χ0) is 20.1. The number of thioether (sulfide) groups is 1. The molecule has 0 spiro atoms. The summed E-state index contributed by atoms with van der Waals surface area (Å²) in [5.41, 5.74) is 2.76. The van der Waals surface area contributed by atoms with Gasteiger partial charge in [-0.05, 0) is 31.5 Å². The van der Waals surface area contributed by atoms with Crippen LogP contribution in [0, 0.1) is 12.7 Å². The molecule has 28 heavy (non-hydrogen) atoms. The minimum Gasteiger partial charge on any atom is -0.338 e. The molecule has 1 heterocycles. The van der Waals surface area contributed by atoms with Crippen LogP contribution in [0.5, 0.6) is 0 Å². The van der Waals surface area contributed by atoms with E-state index in [1.54, 1.807) is 17.0 Å². The first kappa shape index (κ1) is 19.9. The average Bonchev–Trinajstić information content (AvgIpc) is 3.05. The molecule has 3 rings (SSSR count). The van der Waals surface area contributed by atoms with Crippen molar-refractivity contribution in [3.8, 4) is 11.4 Å². The third-order valence-corrected chi connectivity index (χ3v) is 5.22. The van der Waals surface area contributed by atoms with Crippen LogP contribution in [0.2, 0.25) is 0 Å². The van der Waals surface area contributed by atoms with Crippen LogP contribution in [0.3, 0.4) is 0 Å². The van der Waals surface area contributed by atoms with Crippen molar-refractivity contribution in [2.45, 2.75) is 25.5 Å². The third-order valence-electron chi connectivity index (χ3n) is 4.30. The highest BCUT2D eigenvalue weighted by atomic mass is 32.2. The van der Waals surface area contributed by atoms with Gasteiger partial charge in [-0.15, -0.1) is 10.2 Å². The van der Waals surface area contributed by atoms with Gasteiger partial charge in [0.2, 0.25) is 11.1 Å². The fourth-order valence-electron chi connectivity index (χ4n) is 2.72. The number of nitrogens with zero attached hydrogens (tertiary/aromatic N) is 4. The molecule has 1 amide bonds. The van der Waals surface area contributed by atoms with Gasteiger partial charge in [0.25, 0.3) is 0 Å². The molecular formula is C20H22FN5OS. The molecule has 0 fully saturated rings. The number of carbonyl (C=O) groups excluding carboxylic acids is 1. The van der Waals surface area contributed by atoms with E-state index < -0.39 is 0 Å². The number of halogens is 1. The maximum Gasteiger partial charge on any atom is 0.233 e. The number of rotatable bonds is 7. The van der Waals surface area contributed by atoms with Gasteiger partial charge in [0, 0.05) is 18.7 Å². The van der Waals surface area contributed by atoms with Crippen molar-refractivity contribution in [3.05, 3.63) is 65.5 Å². The molecule has 0 unspecified atom stereocenters. The largest absolute Gasteiger partial charge is 0.338 e. The normalized spacial score (nSPS) is 10.8. The maximum absolute atomic E-state index is 13.4. The Bertz CT molecular complexity index is 957. The van der Waals surface area contributed by atoms with Gasteiger partial charge in [-0.2, -0.15) is 0 Å². The van der Waals surface area contributed by atoms with E-state index in [-0.39, 0.29) is 17.5 Å². The molecular weight excluding hydrogens is 377 g/mol. The summed E-state index contributed by atoms with van der Waals surface area (Å²) in [4.78, 5) is 14.2. The first-order valence-corrected chi connectivity index (χ1v) is 9.89. The Kier molecular flexibility index (Phi) is 6.30. The summed E-state index contributed by atoms with van der Waals surface area (Å²) in [5, 5.41) is 8.70. The van der Waals surface area contributed by atoms with Crippen LogP contribution in [0.15, 0.2) is 53.7 Å². The number of hydrogen-bond acceptors (Lipinski definition) is 5. The number of carbonyl (C=O) groups is 1. The Morgan fingerprint density at radius 3 is 2.64 bits per heavy atom. The van der Waals surface area contributed by atoms with Gasteiger partial charge in [-0.1, -0.05) is 53.7 Å². The van der Waals surface area contributed by atoms with Crippen LogP contribution < -0.4 is 5.84 Å². The Hall–Kier alpha value is -2.87. The average molecular weight is 399 g/mol. The number of nitrogens with two attached hydrogens (primary N) is 1. The van der Waals surface area contributed by atoms with Gasteiger partial charge in [0.15, 0.2) is 5.82 Å². The minimum absolute atomic E-state index is 0.0725. The quantitative estimate of drug-likeness (QED) is 0.487. The van der Waals surface area contributed by atoms with E-state index >= 15 is 0 Å². The summed E-state index contributed by atoms with van der Waals surface area (Å²) in [5.74, 6) is 6.45. The molecule has 3 aromatic rings. The number of nitrogen functional groups attached to an aromatic ring is 1. The lowest BCUT2D eigenvalue weighted by molar-refractivity contribution is -0.128. The van der Waals surface area contributed by atoms with Crippen molar-refractivity contribution in [3.63, 3.8) is 0 Å². The van der Waals surface area contributed by atoms with Crippen LogP contribution in [0.1, 0.15) is 18.1 Å². The van der Waals surface area contributed by atoms with E-state index in [2.05, 4.69) is 10.2 Å². The van der Waals surface area contributed by atoms with Crippen LogP contribution >= 0.6 is 11.8 Å². The second-order valence-electron chi connectivity index (χ2n) is 6.37. The smallest absolute Gasteiger partial charge is 0.233 e. The summed E-state index contributed by atoms with van der Waals surface area (Å²) in [7, 11) is 0. The lowest BCUT2D eigenvalue weighted by Crippen LogP contribution is -2.32. The minimum atomic E-state index is -0.310. The van der Waals surface area contributed by atoms with Crippen molar-refractivity contribution in [2.24, 2.45) is 0 Å². The second-order valence-corrected chi connectivity index (χ2v) is 7.31. The molecule has 0 saturated heterocycles. The monoisotopic (exact) mass is 399 g/mol. The van der Waals surface area contributed by atoms with Crippen molar-refractivity contribution in [2.75, 3.05) is 18.1 Å². The molecule has 8 heteroatoms. The topological polar surface area (TPSA) is 77.0 Å². The molecule has 146 valence electrons. The van der Waals surface area contributed by atoms with Gasteiger partial charge in [-0.25, -0.2) is 9.07 Å². The van der Waals surface area contributed by atoms with Crippen LogP contribution in [-0.2, 0) is 11.3 Å². The SMILES string of the molecule is CCN(Cc1cccc(F)c1)C(=O)CSc1nnc(-c2ccc(C)cc2)n1N. The molecule has 6 nitrogen and oxygen atoms in total. The van der Waals surface area contributed by atoms with Gasteiger partial charge in [0.1, 0.15) is 5.82 Å². The summed E-state index contributed by atoms with van der Waals surface area (Å²) in [6.07, 6.45) is 0. The van der Waals surface area contributed by atoms with E-state index in [0.29, 0.717) is 24.1 Å². The highest BCUT2D eigenvalue weighted by Crippen LogP contribution is 2.22. The number of amides is 1. The third kappa shape index (κ3) is 4.69. The van der Waals surface area contributed by atoms with E-state index in [4.69, 9.17) is 5.84 Å². The maximum atomic E-state index is 13.4. The number of benzene rings is 2. The second kappa shape index (κ2) is 8.88. The lowest BCUT2D eigenvalue weighted by atomic mass is 10.1. The molecule has 0 atom stereocenters. The molecule has 1 aromatic heterocycles. The molecule has 2 aromatic carbocycles.